The molecule has 1 amide bonds. The average molecular weight is 395 g/mol. The molecule has 2 heterocycles. The molecule has 1 fully saturated rings. The number of nitrogens with one attached hydrogen (secondary N) is 1. The van der Waals surface area contributed by atoms with E-state index in [0.29, 0.717) is 6.54 Å². The first-order valence-electron chi connectivity index (χ1n) is 10.5. The fraction of sp³-hybridized carbons (Fsp3) is 0.458. The van der Waals surface area contributed by atoms with Crippen LogP contribution in [-0.4, -0.2) is 37.2 Å². The molecule has 0 aromatic heterocycles. The first-order valence-corrected chi connectivity index (χ1v) is 10.5. The van der Waals surface area contributed by atoms with Gasteiger partial charge in [0.1, 0.15) is 0 Å². The highest BCUT2D eigenvalue weighted by molar-refractivity contribution is 5.79. The molecule has 2 aromatic rings. The second-order valence-electron chi connectivity index (χ2n) is 8.73. The quantitative estimate of drug-likeness (QED) is 0.811. The maximum absolute atomic E-state index is 12.9. The molecular formula is C24H30N2O3. The minimum atomic E-state index is -0.185. The van der Waals surface area contributed by atoms with Crippen molar-refractivity contribution < 1.29 is 14.3 Å². The summed E-state index contributed by atoms with van der Waals surface area (Å²) in [5.41, 5.74) is 2.25. The second kappa shape index (κ2) is 8.46. The monoisotopic (exact) mass is 394 g/mol. The van der Waals surface area contributed by atoms with Crippen molar-refractivity contribution in [3.63, 3.8) is 0 Å². The summed E-state index contributed by atoms with van der Waals surface area (Å²) in [5.74, 6) is 1.79. The van der Waals surface area contributed by atoms with Gasteiger partial charge in [0, 0.05) is 25.0 Å². The van der Waals surface area contributed by atoms with E-state index in [1.165, 1.54) is 5.56 Å². The molecule has 5 nitrogen and oxygen atoms in total. The lowest BCUT2D eigenvalue weighted by Gasteiger charge is -2.33. The minimum absolute atomic E-state index is 0.0556. The Morgan fingerprint density at radius 2 is 1.93 bits per heavy atom. The third-order valence-corrected chi connectivity index (χ3v) is 5.98. The maximum atomic E-state index is 12.9. The topological polar surface area (TPSA) is 50.8 Å². The Labute approximate surface area is 173 Å². The molecule has 2 aliphatic rings. The predicted octanol–water partition coefficient (Wildman–Crippen LogP) is 3.72. The number of amides is 1. The highest BCUT2D eigenvalue weighted by Crippen LogP contribution is 2.36. The number of carbonyl (C=O) groups is 1. The van der Waals surface area contributed by atoms with E-state index in [-0.39, 0.29) is 24.0 Å². The van der Waals surface area contributed by atoms with Crippen molar-refractivity contribution in [2.24, 2.45) is 5.92 Å². The smallest absolute Gasteiger partial charge is 0.231 e. The zero-order chi connectivity index (χ0) is 20.3. The van der Waals surface area contributed by atoms with Crippen molar-refractivity contribution in [2.45, 2.75) is 38.6 Å². The first kappa shape index (κ1) is 19.8. The van der Waals surface area contributed by atoms with E-state index in [9.17, 15) is 4.79 Å². The van der Waals surface area contributed by atoms with Crippen molar-refractivity contribution in [1.82, 2.24) is 10.2 Å². The van der Waals surface area contributed by atoms with Gasteiger partial charge in [-0.1, -0.05) is 50.2 Å². The fourth-order valence-electron chi connectivity index (χ4n) is 4.13. The van der Waals surface area contributed by atoms with E-state index in [1.54, 1.807) is 0 Å². The van der Waals surface area contributed by atoms with Crippen LogP contribution in [0.3, 0.4) is 0 Å². The number of fused-ring (bicyclic) bond motifs is 1. The summed E-state index contributed by atoms with van der Waals surface area (Å²) in [6.45, 7) is 7.96. The van der Waals surface area contributed by atoms with Gasteiger partial charge in [0.15, 0.2) is 11.5 Å². The summed E-state index contributed by atoms with van der Waals surface area (Å²) >= 11 is 0. The number of piperidine rings is 1. The van der Waals surface area contributed by atoms with Crippen LogP contribution >= 0.6 is 0 Å². The number of nitrogens with zero attached hydrogens (tertiary/aromatic N) is 1. The maximum Gasteiger partial charge on any atom is 0.231 e. The van der Waals surface area contributed by atoms with Gasteiger partial charge in [-0.3, -0.25) is 9.69 Å². The molecule has 5 heteroatoms. The van der Waals surface area contributed by atoms with Gasteiger partial charge in [0.25, 0.3) is 0 Å². The Kier molecular flexibility index (Phi) is 5.76. The van der Waals surface area contributed by atoms with E-state index in [0.717, 1.165) is 49.5 Å². The van der Waals surface area contributed by atoms with E-state index in [4.69, 9.17) is 9.47 Å². The minimum Gasteiger partial charge on any atom is -0.454 e. The van der Waals surface area contributed by atoms with E-state index in [2.05, 4.69) is 54.4 Å². The van der Waals surface area contributed by atoms with Crippen LogP contribution in [0.15, 0.2) is 48.5 Å². The lowest BCUT2D eigenvalue weighted by molar-refractivity contribution is -0.127. The van der Waals surface area contributed by atoms with Crippen molar-refractivity contribution in [2.75, 3.05) is 26.4 Å². The summed E-state index contributed by atoms with van der Waals surface area (Å²) < 4.78 is 10.9. The summed E-state index contributed by atoms with van der Waals surface area (Å²) in [7, 11) is 0. The highest BCUT2D eigenvalue weighted by atomic mass is 16.7. The lowest BCUT2D eigenvalue weighted by Crippen LogP contribution is -2.45. The van der Waals surface area contributed by atoms with Crippen molar-refractivity contribution in [3.8, 4) is 11.5 Å². The molecule has 1 unspecified atom stereocenters. The molecule has 2 aromatic carbocycles. The van der Waals surface area contributed by atoms with Gasteiger partial charge in [0.2, 0.25) is 12.7 Å². The van der Waals surface area contributed by atoms with Crippen LogP contribution in [-0.2, 0) is 16.8 Å². The highest BCUT2D eigenvalue weighted by Gasteiger charge is 2.29. The van der Waals surface area contributed by atoms with Crippen molar-refractivity contribution in [1.29, 1.82) is 0 Å². The number of hydrogen-bond acceptors (Lipinski definition) is 4. The number of rotatable bonds is 6. The largest absolute Gasteiger partial charge is 0.454 e. The molecule has 0 spiro atoms. The van der Waals surface area contributed by atoms with Gasteiger partial charge in [-0.15, -0.1) is 0 Å². The summed E-state index contributed by atoms with van der Waals surface area (Å²) in [4.78, 5) is 15.3. The zero-order valence-electron chi connectivity index (χ0n) is 17.3. The predicted molar refractivity (Wildman–Crippen MR) is 113 cm³/mol. The molecule has 1 atom stereocenters. The third-order valence-electron chi connectivity index (χ3n) is 5.98. The SMILES string of the molecule is CC(C)(CNC(=O)C1CCCN(Cc2ccccc2)C1)c1ccc2c(c1)OCO2. The Morgan fingerprint density at radius 3 is 2.76 bits per heavy atom. The molecule has 4 rings (SSSR count). The summed E-state index contributed by atoms with van der Waals surface area (Å²) in [6, 6.07) is 16.5. The molecule has 1 N–H and O–H groups in total. The van der Waals surface area contributed by atoms with Crippen LogP contribution in [0.2, 0.25) is 0 Å². The number of benzene rings is 2. The van der Waals surface area contributed by atoms with Gasteiger partial charge < -0.3 is 14.8 Å². The normalized spacial score (nSPS) is 19.2. The van der Waals surface area contributed by atoms with Crippen LogP contribution in [0.5, 0.6) is 11.5 Å². The van der Waals surface area contributed by atoms with Gasteiger partial charge in [-0.05, 0) is 42.6 Å². The molecule has 1 saturated heterocycles. The van der Waals surface area contributed by atoms with Crippen LogP contribution in [0.4, 0.5) is 0 Å². The van der Waals surface area contributed by atoms with Gasteiger partial charge >= 0.3 is 0 Å². The molecular weight excluding hydrogens is 364 g/mol. The Hall–Kier alpha value is -2.53. The molecule has 0 aliphatic carbocycles. The number of ether oxygens (including phenoxy) is 2. The fourth-order valence-corrected chi connectivity index (χ4v) is 4.13. The zero-order valence-corrected chi connectivity index (χ0v) is 17.3. The van der Waals surface area contributed by atoms with Crippen LogP contribution in [0.25, 0.3) is 0 Å². The Bertz CT molecular complexity index is 850. The molecule has 2 aliphatic heterocycles. The van der Waals surface area contributed by atoms with Crippen LogP contribution in [0, 0.1) is 5.92 Å². The molecule has 0 saturated carbocycles. The van der Waals surface area contributed by atoms with E-state index < -0.39 is 0 Å². The van der Waals surface area contributed by atoms with E-state index >= 15 is 0 Å². The number of likely N-dealkylation sites (tertiary alicyclic amines) is 1. The number of hydrogen-bond donors (Lipinski definition) is 1. The number of carbonyl (C=O) groups excluding carboxylic acids is 1. The molecule has 154 valence electrons. The molecule has 29 heavy (non-hydrogen) atoms. The average Bonchev–Trinajstić information content (AvgIpc) is 3.21. The standard InChI is InChI=1S/C24H30N2O3/c1-24(2,20-10-11-21-22(13-20)29-17-28-21)16-25-23(27)19-9-6-12-26(15-19)14-18-7-4-3-5-8-18/h3-5,7-8,10-11,13,19H,6,9,12,14-17H2,1-2H3,(H,25,27). The molecule has 0 radical (unpaired) electrons. The van der Waals surface area contributed by atoms with Crippen molar-refractivity contribution >= 4 is 5.91 Å². The first-order chi connectivity index (χ1) is 14.0. The molecule has 0 bridgehead atoms. The lowest BCUT2D eigenvalue weighted by atomic mass is 9.84. The van der Waals surface area contributed by atoms with Gasteiger partial charge in [-0.2, -0.15) is 0 Å². The van der Waals surface area contributed by atoms with Gasteiger partial charge in [-0.25, -0.2) is 0 Å². The Morgan fingerprint density at radius 1 is 1.14 bits per heavy atom. The summed E-state index contributed by atoms with van der Waals surface area (Å²) in [6.07, 6.45) is 2.03. The van der Waals surface area contributed by atoms with Crippen LogP contribution < -0.4 is 14.8 Å². The Balaban J connectivity index is 1.32. The third kappa shape index (κ3) is 4.73. The van der Waals surface area contributed by atoms with E-state index in [1.807, 2.05) is 18.2 Å². The van der Waals surface area contributed by atoms with Crippen LogP contribution in [0.1, 0.15) is 37.8 Å². The summed E-state index contributed by atoms with van der Waals surface area (Å²) in [5, 5.41) is 3.21. The second-order valence-corrected chi connectivity index (χ2v) is 8.73. The van der Waals surface area contributed by atoms with Gasteiger partial charge in [0.05, 0.1) is 5.92 Å². The van der Waals surface area contributed by atoms with Crippen molar-refractivity contribution in [3.05, 3.63) is 59.7 Å².